The smallest absolute Gasteiger partial charge is 0.272 e. The van der Waals surface area contributed by atoms with Crippen LogP contribution in [-0.2, 0) is 7.05 Å². The van der Waals surface area contributed by atoms with E-state index in [0.717, 1.165) is 50.9 Å². The minimum Gasteiger partial charge on any atom is -0.337 e. The SMILES string of the molecule is Cn1nccc1C(=O)N1CC[C@@H]2CNC[C@@H]2CC1. The van der Waals surface area contributed by atoms with Crippen LogP contribution in [0.15, 0.2) is 12.3 Å². The number of likely N-dealkylation sites (tertiary alicyclic amines) is 1. The molecule has 0 spiro atoms. The van der Waals surface area contributed by atoms with Gasteiger partial charge in [-0.25, -0.2) is 0 Å². The van der Waals surface area contributed by atoms with E-state index in [-0.39, 0.29) is 5.91 Å². The number of carbonyl (C=O) groups is 1. The summed E-state index contributed by atoms with van der Waals surface area (Å²) in [4.78, 5) is 14.4. The Balaban J connectivity index is 1.70. The normalized spacial score (nSPS) is 27.9. The lowest BCUT2D eigenvalue weighted by Crippen LogP contribution is -2.34. The molecule has 2 atom stereocenters. The second kappa shape index (κ2) is 4.72. The molecule has 3 rings (SSSR count). The second-order valence-corrected chi connectivity index (χ2v) is 5.39. The summed E-state index contributed by atoms with van der Waals surface area (Å²) >= 11 is 0. The molecule has 0 aromatic carbocycles. The zero-order valence-corrected chi connectivity index (χ0v) is 10.8. The van der Waals surface area contributed by atoms with Crippen molar-refractivity contribution in [3.05, 3.63) is 18.0 Å². The van der Waals surface area contributed by atoms with Gasteiger partial charge in [-0.2, -0.15) is 5.10 Å². The first-order chi connectivity index (χ1) is 8.75. The van der Waals surface area contributed by atoms with Crippen molar-refractivity contribution in [3.8, 4) is 0 Å². The summed E-state index contributed by atoms with van der Waals surface area (Å²) in [7, 11) is 1.82. The maximum atomic E-state index is 12.4. The number of hydrogen-bond acceptors (Lipinski definition) is 3. The number of rotatable bonds is 1. The van der Waals surface area contributed by atoms with Crippen molar-refractivity contribution in [3.63, 3.8) is 0 Å². The Hall–Kier alpha value is -1.36. The quantitative estimate of drug-likeness (QED) is 0.787. The summed E-state index contributed by atoms with van der Waals surface area (Å²) < 4.78 is 1.66. The van der Waals surface area contributed by atoms with Gasteiger partial charge in [-0.3, -0.25) is 9.48 Å². The zero-order valence-electron chi connectivity index (χ0n) is 10.8. The van der Waals surface area contributed by atoms with Gasteiger partial charge < -0.3 is 10.2 Å². The van der Waals surface area contributed by atoms with Gasteiger partial charge in [0, 0.05) is 26.3 Å². The topological polar surface area (TPSA) is 50.2 Å². The molecule has 3 heterocycles. The highest BCUT2D eigenvalue weighted by molar-refractivity contribution is 5.92. The molecule has 18 heavy (non-hydrogen) atoms. The van der Waals surface area contributed by atoms with Crippen LogP contribution in [0.5, 0.6) is 0 Å². The maximum absolute atomic E-state index is 12.4. The van der Waals surface area contributed by atoms with Crippen molar-refractivity contribution in [2.24, 2.45) is 18.9 Å². The van der Waals surface area contributed by atoms with E-state index in [2.05, 4.69) is 10.4 Å². The minimum absolute atomic E-state index is 0.128. The van der Waals surface area contributed by atoms with Gasteiger partial charge in [0.25, 0.3) is 5.91 Å². The first-order valence-electron chi connectivity index (χ1n) is 6.73. The van der Waals surface area contributed by atoms with E-state index in [9.17, 15) is 4.79 Å². The lowest BCUT2D eigenvalue weighted by molar-refractivity contribution is 0.0747. The molecule has 2 aliphatic heterocycles. The van der Waals surface area contributed by atoms with Gasteiger partial charge in [-0.15, -0.1) is 0 Å². The van der Waals surface area contributed by atoms with Crippen LogP contribution in [0.3, 0.4) is 0 Å². The van der Waals surface area contributed by atoms with Crippen LogP contribution in [0, 0.1) is 11.8 Å². The van der Waals surface area contributed by atoms with Crippen molar-refractivity contribution < 1.29 is 4.79 Å². The van der Waals surface area contributed by atoms with E-state index >= 15 is 0 Å². The molecule has 0 radical (unpaired) electrons. The molecule has 0 unspecified atom stereocenters. The van der Waals surface area contributed by atoms with Crippen LogP contribution in [0.2, 0.25) is 0 Å². The number of aryl methyl sites for hydroxylation is 1. The van der Waals surface area contributed by atoms with Gasteiger partial charge in [0.1, 0.15) is 5.69 Å². The third kappa shape index (κ3) is 2.03. The number of nitrogens with zero attached hydrogens (tertiary/aromatic N) is 3. The second-order valence-electron chi connectivity index (χ2n) is 5.39. The molecule has 0 bridgehead atoms. The van der Waals surface area contributed by atoms with E-state index < -0.39 is 0 Å². The third-order valence-corrected chi connectivity index (χ3v) is 4.35. The van der Waals surface area contributed by atoms with Gasteiger partial charge in [0.05, 0.1) is 0 Å². The number of nitrogens with one attached hydrogen (secondary N) is 1. The van der Waals surface area contributed by atoms with Gasteiger partial charge in [0.2, 0.25) is 0 Å². The summed E-state index contributed by atoms with van der Waals surface area (Å²) in [6.07, 6.45) is 3.94. The minimum atomic E-state index is 0.128. The predicted molar refractivity (Wildman–Crippen MR) is 68.2 cm³/mol. The first-order valence-corrected chi connectivity index (χ1v) is 6.73. The fourth-order valence-corrected chi connectivity index (χ4v) is 3.17. The summed E-state index contributed by atoms with van der Waals surface area (Å²) in [6.45, 7) is 4.01. The Morgan fingerprint density at radius 2 is 2.00 bits per heavy atom. The molecular weight excluding hydrogens is 228 g/mol. The number of hydrogen-bond donors (Lipinski definition) is 1. The predicted octanol–water partition coefficient (Wildman–Crippen LogP) is 0.492. The molecule has 2 aliphatic rings. The standard InChI is InChI=1S/C13H20N4O/c1-16-12(2-5-15-16)13(18)17-6-3-10-8-14-9-11(10)4-7-17/h2,5,10-11,14H,3-4,6-9H2,1H3/t10-,11+. The van der Waals surface area contributed by atoms with Crippen molar-refractivity contribution in [1.29, 1.82) is 0 Å². The monoisotopic (exact) mass is 248 g/mol. The Morgan fingerprint density at radius 1 is 1.33 bits per heavy atom. The molecule has 98 valence electrons. The largest absolute Gasteiger partial charge is 0.337 e. The van der Waals surface area contributed by atoms with Gasteiger partial charge in [-0.05, 0) is 43.8 Å². The van der Waals surface area contributed by atoms with Crippen molar-refractivity contribution >= 4 is 5.91 Å². The van der Waals surface area contributed by atoms with Crippen molar-refractivity contribution in [1.82, 2.24) is 20.0 Å². The fourth-order valence-electron chi connectivity index (χ4n) is 3.17. The van der Waals surface area contributed by atoms with Gasteiger partial charge >= 0.3 is 0 Å². The van der Waals surface area contributed by atoms with Crippen LogP contribution in [0.1, 0.15) is 23.3 Å². The molecule has 0 saturated carbocycles. The molecule has 1 amide bonds. The highest BCUT2D eigenvalue weighted by Gasteiger charge is 2.32. The van der Waals surface area contributed by atoms with E-state index in [1.807, 2.05) is 11.9 Å². The molecule has 2 fully saturated rings. The molecule has 1 N–H and O–H groups in total. The zero-order chi connectivity index (χ0) is 12.5. The van der Waals surface area contributed by atoms with Crippen LogP contribution < -0.4 is 5.32 Å². The number of carbonyl (C=O) groups excluding carboxylic acids is 1. The third-order valence-electron chi connectivity index (χ3n) is 4.35. The Labute approximate surface area is 107 Å². The highest BCUT2D eigenvalue weighted by Crippen LogP contribution is 2.27. The summed E-state index contributed by atoms with van der Waals surface area (Å²) in [5.74, 6) is 1.65. The first kappa shape index (κ1) is 11.7. The van der Waals surface area contributed by atoms with Gasteiger partial charge in [0.15, 0.2) is 0 Å². The van der Waals surface area contributed by atoms with E-state index in [4.69, 9.17) is 0 Å². The summed E-state index contributed by atoms with van der Waals surface area (Å²) in [5.41, 5.74) is 0.695. The van der Waals surface area contributed by atoms with E-state index in [1.165, 1.54) is 0 Å². The lowest BCUT2D eigenvalue weighted by Gasteiger charge is -2.20. The van der Waals surface area contributed by atoms with Gasteiger partial charge in [-0.1, -0.05) is 0 Å². The highest BCUT2D eigenvalue weighted by atomic mass is 16.2. The fraction of sp³-hybridized carbons (Fsp3) is 0.692. The average molecular weight is 248 g/mol. The van der Waals surface area contributed by atoms with Crippen molar-refractivity contribution in [2.45, 2.75) is 12.8 Å². The van der Waals surface area contributed by atoms with Crippen LogP contribution in [-0.4, -0.2) is 46.8 Å². The molecule has 1 aromatic heterocycles. The number of fused-ring (bicyclic) bond motifs is 1. The number of aromatic nitrogens is 2. The summed E-state index contributed by atoms with van der Waals surface area (Å²) in [5, 5.41) is 7.53. The average Bonchev–Trinajstić information content (AvgIpc) is 2.94. The van der Waals surface area contributed by atoms with E-state index in [1.54, 1.807) is 16.9 Å². The molecular formula is C13H20N4O. The number of amides is 1. The Morgan fingerprint density at radius 3 is 2.56 bits per heavy atom. The lowest BCUT2D eigenvalue weighted by atomic mass is 9.92. The van der Waals surface area contributed by atoms with Crippen LogP contribution in [0.4, 0.5) is 0 Å². The molecule has 2 saturated heterocycles. The Kier molecular flexibility index (Phi) is 3.07. The van der Waals surface area contributed by atoms with Crippen LogP contribution in [0.25, 0.3) is 0 Å². The maximum Gasteiger partial charge on any atom is 0.272 e. The summed E-state index contributed by atoms with van der Waals surface area (Å²) in [6, 6.07) is 1.80. The van der Waals surface area contributed by atoms with Crippen LogP contribution >= 0.6 is 0 Å². The Bertz CT molecular complexity index is 428. The molecule has 5 nitrogen and oxygen atoms in total. The molecule has 0 aliphatic carbocycles. The molecule has 5 heteroatoms. The van der Waals surface area contributed by atoms with Crippen molar-refractivity contribution in [2.75, 3.05) is 26.2 Å². The van der Waals surface area contributed by atoms with E-state index in [0.29, 0.717) is 5.69 Å². The molecule has 1 aromatic rings.